The molecule has 0 fully saturated rings. The summed E-state index contributed by atoms with van der Waals surface area (Å²) in [7, 11) is 3.41. The van der Waals surface area contributed by atoms with Gasteiger partial charge >= 0.3 is 0 Å². The fraction of sp³-hybridized carbons (Fsp3) is 0.364. The Balaban J connectivity index is 1.60. The Kier molecular flexibility index (Phi) is 5.79. The summed E-state index contributed by atoms with van der Waals surface area (Å²) in [4.78, 5) is 25.8. The minimum Gasteiger partial charge on any atom is -0.481 e. The van der Waals surface area contributed by atoms with E-state index in [2.05, 4.69) is 17.4 Å². The van der Waals surface area contributed by atoms with E-state index in [9.17, 15) is 9.59 Å². The third-order valence-electron chi connectivity index (χ3n) is 4.81. The molecule has 1 atom stereocenters. The molecule has 2 amide bonds. The van der Waals surface area contributed by atoms with Crippen molar-refractivity contribution >= 4 is 17.5 Å². The van der Waals surface area contributed by atoms with E-state index in [1.165, 1.54) is 28.9 Å². The molecule has 0 aromatic heterocycles. The molecule has 0 radical (unpaired) electrons. The van der Waals surface area contributed by atoms with Gasteiger partial charge in [0.25, 0.3) is 11.8 Å². The number of amides is 2. The number of carbonyl (C=O) groups is 2. The number of carbonyl (C=O) groups excluding carboxylic acids is 2. The molecule has 0 heterocycles. The lowest BCUT2D eigenvalue weighted by molar-refractivity contribution is -0.122. The third kappa shape index (κ3) is 4.67. The van der Waals surface area contributed by atoms with Crippen LogP contribution in [0, 0.1) is 0 Å². The minimum absolute atomic E-state index is 0.0722. The molecule has 1 aliphatic carbocycles. The van der Waals surface area contributed by atoms with Crippen LogP contribution in [0.3, 0.4) is 0 Å². The zero-order valence-electron chi connectivity index (χ0n) is 16.1. The summed E-state index contributed by atoms with van der Waals surface area (Å²) >= 11 is 0. The third-order valence-corrected chi connectivity index (χ3v) is 4.81. The molecule has 0 spiro atoms. The zero-order chi connectivity index (χ0) is 19.4. The Bertz CT molecular complexity index is 828. The van der Waals surface area contributed by atoms with Crippen LogP contribution in [0.5, 0.6) is 5.75 Å². The molecule has 1 N–H and O–H groups in total. The molecule has 3 rings (SSSR count). The van der Waals surface area contributed by atoms with E-state index in [0.29, 0.717) is 11.3 Å². The highest BCUT2D eigenvalue weighted by Crippen LogP contribution is 2.26. The normalized spacial score (nSPS) is 14.0. The maximum Gasteiger partial charge on any atom is 0.265 e. The minimum atomic E-state index is -0.616. The average Bonchev–Trinajstić information content (AvgIpc) is 2.67. The highest BCUT2D eigenvalue weighted by Gasteiger charge is 2.17. The van der Waals surface area contributed by atoms with Gasteiger partial charge in [-0.15, -0.1) is 0 Å². The topological polar surface area (TPSA) is 58.6 Å². The first-order valence-electron chi connectivity index (χ1n) is 9.35. The smallest absolute Gasteiger partial charge is 0.265 e. The van der Waals surface area contributed by atoms with Crippen LogP contribution in [-0.2, 0) is 17.6 Å². The van der Waals surface area contributed by atoms with Gasteiger partial charge in [-0.1, -0.05) is 6.07 Å². The number of nitrogens with zero attached hydrogens (tertiary/aromatic N) is 1. The van der Waals surface area contributed by atoms with Crippen LogP contribution in [-0.4, -0.2) is 36.9 Å². The van der Waals surface area contributed by atoms with Gasteiger partial charge in [-0.2, -0.15) is 0 Å². The summed E-state index contributed by atoms with van der Waals surface area (Å²) in [6.07, 6.45) is 4.03. The predicted octanol–water partition coefficient (Wildman–Crippen LogP) is 3.67. The number of hydrogen-bond donors (Lipinski definition) is 1. The standard InChI is InChI=1S/C22H26N2O3/c1-15(27-20-13-10-16-6-4-5-7-18(16)14-20)21(25)23-19-11-8-17(9-12-19)22(26)24(2)3/h8-15H,4-7H2,1-3H3,(H,23,25)/t15-/m1/s1. The van der Waals surface area contributed by atoms with Crippen LogP contribution in [0.1, 0.15) is 41.3 Å². The monoisotopic (exact) mass is 366 g/mol. The summed E-state index contributed by atoms with van der Waals surface area (Å²) in [5, 5.41) is 2.83. The fourth-order valence-electron chi connectivity index (χ4n) is 3.24. The van der Waals surface area contributed by atoms with Gasteiger partial charge in [0.2, 0.25) is 0 Å². The van der Waals surface area contributed by atoms with Crippen molar-refractivity contribution in [3.8, 4) is 5.75 Å². The second-order valence-electron chi connectivity index (χ2n) is 7.16. The van der Waals surface area contributed by atoms with Gasteiger partial charge in [0.1, 0.15) is 5.75 Å². The molecule has 0 bridgehead atoms. The number of hydrogen-bond acceptors (Lipinski definition) is 3. The summed E-state index contributed by atoms with van der Waals surface area (Å²) < 4.78 is 5.84. The number of nitrogens with one attached hydrogen (secondary N) is 1. The number of aryl methyl sites for hydroxylation is 2. The van der Waals surface area contributed by atoms with E-state index < -0.39 is 6.10 Å². The first-order valence-corrected chi connectivity index (χ1v) is 9.35. The highest BCUT2D eigenvalue weighted by molar-refractivity contribution is 5.96. The summed E-state index contributed by atoms with van der Waals surface area (Å²) in [6.45, 7) is 1.73. The van der Waals surface area contributed by atoms with Gasteiger partial charge in [-0.3, -0.25) is 9.59 Å². The molecule has 2 aromatic rings. The SMILES string of the molecule is C[C@@H](Oc1ccc2c(c1)CCCC2)C(=O)Nc1ccc(C(=O)N(C)C)cc1. The Morgan fingerprint density at radius 1 is 1.00 bits per heavy atom. The van der Waals surface area contributed by atoms with Crippen molar-refractivity contribution in [1.82, 2.24) is 4.90 Å². The maximum atomic E-state index is 12.4. The van der Waals surface area contributed by atoms with Crippen molar-refractivity contribution in [1.29, 1.82) is 0 Å². The van der Waals surface area contributed by atoms with Gasteiger partial charge in [0.15, 0.2) is 6.10 Å². The van der Waals surface area contributed by atoms with Crippen molar-refractivity contribution in [3.63, 3.8) is 0 Å². The van der Waals surface area contributed by atoms with Crippen molar-refractivity contribution in [2.75, 3.05) is 19.4 Å². The van der Waals surface area contributed by atoms with Gasteiger partial charge < -0.3 is 15.0 Å². The molecule has 0 saturated heterocycles. The Morgan fingerprint density at radius 2 is 1.67 bits per heavy atom. The van der Waals surface area contributed by atoms with Crippen molar-refractivity contribution < 1.29 is 14.3 Å². The molecule has 5 nitrogen and oxygen atoms in total. The fourth-order valence-corrected chi connectivity index (χ4v) is 3.24. The van der Waals surface area contributed by atoms with Gasteiger partial charge in [0, 0.05) is 25.3 Å². The van der Waals surface area contributed by atoms with Crippen LogP contribution < -0.4 is 10.1 Å². The Labute approximate surface area is 160 Å². The van der Waals surface area contributed by atoms with E-state index >= 15 is 0 Å². The van der Waals surface area contributed by atoms with Crippen LogP contribution in [0.4, 0.5) is 5.69 Å². The van der Waals surface area contributed by atoms with Crippen LogP contribution in [0.25, 0.3) is 0 Å². The van der Waals surface area contributed by atoms with E-state index in [4.69, 9.17) is 4.74 Å². The van der Waals surface area contributed by atoms with Gasteiger partial charge in [-0.05, 0) is 80.1 Å². The van der Waals surface area contributed by atoms with Gasteiger partial charge in [0.05, 0.1) is 0 Å². The maximum absolute atomic E-state index is 12.4. The first kappa shape index (κ1) is 19.0. The largest absolute Gasteiger partial charge is 0.481 e. The molecule has 142 valence electrons. The molecule has 0 saturated carbocycles. The highest BCUT2D eigenvalue weighted by atomic mass is 16.5. The quantitative estimate of drug-likeness (QED) is 0.878. The first-order chi connectivity index (χ1) is 12.9. The number of ether oxygens (including phenoxy) is 1. The Hall–Kier alpha value is -2.82. The average molecular weight is 366 g/mol. The molecule has 1 aliphatic rings. The number of rotatable bonds is 5. The summed E-state index contributed by atoms with van der Waals surface area (Å²) in [5.41, 5.74) is 3.93. The van der Waals surface area contributed by atoms with Crippen LogP contribution in [0.15, 0.2) is 42.5 Å². The lowest BCUT2D eigenvalue weighted by Crippen LogP contribution is -2.30. The summed E-state index contributed by atoms with van der Waals surface area (Å²) in [6, 6.07) is 12.9. The molecule has 0 aliphatic heterocycles. The van der Waals surface area contributed by atoms with Gasteiger partial charge in [-0.25, -0.2) is 0 Å². The lowest BCUT2D eigenvalue weighted by atomic mass is 9.92. The van der Waals surface area contributed by atoms with Crippen molar-refractivity contribution in [2.45, 2.75) is 38.7 Å². The second-order valence-corrected chi connectivity index (χ2v) is 7.16. The van der Waals surface area contributed by atoms with E-state index in [0.717, 1.165) is 18.6 Å². The van der Waals surface area contributed by atoms with Crippen LogP contribution in [0.2, 0.25) is 0 Å². The predicted molar refractivity (Wildman–Crippen MR) is 106 cm³/mol. The molecule has 0 unspecified atom stereocenters. The number of anilines is 1. The molecule has 27 heavy (non-hydrogen) atoms. The number of fused-ring (bicyclic) bond motifs is 1. The van der Waals surface area contributed by atoms with Crippen molar-refractivity contribution in [2.24, 2.45) is 0 Å². The number of benzene rings is 2. The molecular formula is C22H26N2O3. The second kappa shape index (κ2) is 8.25. The van der Waals surface area contributed by atoms with E-state index in [1.54, 1.807) is 45.3 Å². The lowest BCUT2D eigenvalue weighted by Gasteiger charge is -2.19. The zero-order valence-corrected chi connectivity index (χ0v) is 16.1. The molecule has 5 heteroatoms. The molecule has 2 aromatic carbocycles. The molecular weight excluding hydrogens is 340 g/mol. The van der Waals surface area contributed by atoms with Crippen molar-refractivity contribution in [3.05, 3.63) is 59.2 Å². The summed E-state index contributed by atoms with van der Waals surface area (Å²) in [5.74, 6) is 0.432. The Morgan fingerprint density at radius 3 is 2.33 bits per heavy atom. The van der Waals surface area contributed by atoms with E-state index in [-0.39, 0.29) is 11.8 Å². The van der Waals surface area contributed by atoms with E-state index in [1.807, 2.05) is 6.07 Å². The van der Waals surface area contributed by atoms with Crippen LogP contribution >= 0.6 is 0 Å².